The maximum absolute atomic E-state index is 2.08. The molecule has 0 aliphatic heterocycles. The summed E-state index contributed by atoms with van der Waals surface area (Å²) >= 11 is 0. The van der Waals surface area contributed by atoms with E-state index in [1.54, 1.807) is 0 Å². The highest BCUT2D eigenvalue weighted by Crippen LogP contribution is 1.92. The Hall–Kier alpha value is -0.655. The molecule has 0 aliphatic rings. The highest BCUT2D eigenvalue weighted by molar-refractivity contribution is 6.06. The zero-order chi connectivity index (χ0) is 5.28. The van der Waals surface area contributed by atoms with Crippen molar-refractivity contribution in [3.05, 3.63) is 24.0 Å². The zero-order valence-electron chi connectivity index (χ0n) is 4.68. The molecule has 1 heterocycles. The first-order valence-corrected chi connectivity index (χ1v) is 2.38. The second kappa shape index (κ2) is 1.45. The fourth-order valence-corrected chi connectivity index (χ4v) is 0.547. The van der Waals surface area contributed by atoms with Crippen molar-refractivity contribution in [2.45, 2.75) is 6.92 Å². The van der Waals surface area contributed by atoms with E-state index < -0.39 is 0 Å². The first kappa shape index (κ1) is 4.50. The van der Waals surface area contributed by atoms with Gasteiger partial charge in [0.25, 0.3) is 0 Å². The van der Waals surface area contributed by atoms with Gasteiger partial charge in [0.05, 0.1) is 0 Å². The molecule has 0 fully saturated rings. The van der Waals surface area contributed by atoms with Gasteiger partial charge in [0.15, 0.2) is 0 Å². The monoisotopic (exact) mass is 93.1 g/mol. The van der Waals surface area contributed by atoms with Crippen LogP contribution in [0.2, 0.25) is 0 Å². The van der Waals surface area contributed by atoms with Crippen LogP contribution < -0.4 is 0 Å². The third-order valence-electron chi connectivity index (χ3n) is 1.20. The molecule has 1 aromatic heterocycles. The summed E-state index contributed by atoms with van der Waals surface area (Å²) in [6, 6.07) is 4.12. The highest BCUT2D eigenvalue weighted by atomic mass is 14.8. The molecule has 0 amide bonds. The molecule has 7 heavy (non-hydrogen) atoms. The van der Waals surface area contributed by atoms with Gasteiger partial charge in [-0.2, -0.15) is 0 Å². The molecule has 36 valence electrons. The van der Waals surface area contributed by atoms with E-state index in [1.807, 2.05) is 20.2 Å². The lowest BCUT2D eigenvalue weighted by atomic mass is 10.4. The van der Waals surface area contributed by atoms with Crippen molar-refractivity contribution >= 4 is 7.98 Å². The summed E-state index contributed by atoms with van der Waals surface area (Å²) in [5.41, 5.74) is 1.31. The van der Waals surface area contributed by atoms with Gasteiger partial charge in [-0.25, -0.2) is 0 Å². The van der Waals surface area contributed by atoms with Crippen LogP contribution in [0.3, 0.4) is 0 Å². The average molecular weight is 92.9 g/mol. The normalized spacial score (nSPS) is 9.29. The number of rotatable bonds is 0. The van der Waals surface area contributed by atoms with Gasteiger partial charge in [-0.1, -0.05) is 0 Å². The van der Waals surface area contributed by atoms with Crippen molar-refractivity contribution in [1.82, 2.24) is 4.48 Å². The number of aryl methyl sites for hydroxylation is 1. The molecule has 0 atom stereocenters. The summed E-state index contributed by atoms with van der Waals surface area (Å²) in [5, 5.41) is 0. The zero-order valence-corrected chi connectivity index (χ0v) is 4.68. The molecular formula is C5H8BN. The first-order chi connectivity index (χ1) is 3.30. The van der Waals surface area contributed by atoms with Crippen LogP contribution in [0.1, 0.15) is 5.69 Å². The van der Waals surface area contributed by atoms with Gasteiger partial charge in [0, 0.05) is 5.69 Å². The summed E-state index contributed by atoms with van der Waals surface area (Å²) in [6.07, 6.45) is 2.04. The Labute approximate surface area is 44.4 Å². The molecule has 0 aromatic carbocycles. The maximum Gasteiger partial charge on any atom is 0.222 e. The fraction of sp³-hybridized carbons (Fsp3) is 0.200. The van der Waals surface area contributed by atoms with E-state index in [2.05, 4.69) is 17.5 Å². The van der Waals surface area contributed by atoms with Crippen LogP contribution in [0.15, 0.2) is 18.3 Å². The molecular weight excluding hydrogens is 84.9 g/mol. The summed E-state index contributed by atoms with van der Waals surface area (Å²) in [6.45, 7) is 2.08. The Morgan fingerprint density at radius 2 is 2.43 bits per heavy atom. The molecule has 0 saturated heterocycles. The topological polar surface area (TPSA) is 4.93 Å². The molecule has 1 rings (SSSR count). The highest BCUT2D eigenvalue weighted by Gasteiger charge is 1.81. The molecule has 2 heteroatoms. The van der Waals surface area contributed by atoms with Gasteiger partial charge >= 0.3 is 0 Å². The lowest BCUT2D eigenvalue weighted by Gasteiger charge is -1.90. The van der Waals surface area contributed by atoms with Crippen molar-refractivity contribution in [1.29, 1.82) is 0 Å². The van der Waals surface area contributed by atoms with Gasteiger partial charge < -0.3 is 4.48 Å². The Morgan fingerprint density at radius 1 is 1.71 bits per heavy atom. The molecule has 0 saturated carbocycles. The number of aromatic nitrogens is 1. The van der Waals surface area contributed by atoms with E-state index >= 15 is 0 Å². The van der Waals surface area contributed by atoms with Crippen molar-refractivity contribution in [3.63, 3.8) is 0 Å². The van der Waals surface area contributed by atoms with Gasteiger partial charge in [-0.05, 0) is 25.3 Å². The van der Waals surface area contributed by atoms with E-state index in [0.717, 1.165) is 0 Å². The molecule has 0 bridgehead atoms. The molecule has 1 aromatic rings. The van der Waals surface area contributed by atoms with E-state index in [4.69, 9.17) is 0 Å². The van der Waals surface area contributed by atoms with Crippen molar-refractivity contribution < 1.29 is 0 Å². The number of nitrogens with zero attached hydrogens (tertiary/aromatic N) is 1. The van der Waals surface area contributed by atoms with Crippen LogP contribution >= 0.6 is 0 Å². The standard InChI is InChI=1S/C5H8BN/c1-5-3-2-4-7(5)6/h2-4H,6H2,1H3. The van der Waals surface area contributed by atoms with E-state index in [0.29, 0.717) is 0 Å². The van der Waals surface area contributed by atoms with Crippen molar-refractivity contribution in [3.8, 4) is 0 Å². The summed E-state index contributed by atoms with van der Waals surface area (Å²) < 4.78 is 2.08. The van der Waals surface area contributed by atoms with Crippen LogP contribution in [0, 0.1) is 6.92 Å². The van der Waals surface area contributed by atoms with Crippen LogP contribution in [-0.2, 0) is 0 Å². The Balaban J connectivity index is 3.12. The second-order valence-corrected chi connectivity index (χ2v) is 1.76. The minimum absolute atomic E-state index is 1.31. The largest absolute Gasteiger partial charge is 0.403 e. The lowest BCUT2D eigenvalue weighted by molar-refractivity contribution is 1.16. The smallest absolute Gasteiger partial charge is 0.222 e. The minimum Gasteiger partial charge on any atom is -0.403 e. The third-order valence-corrected chi connectivity index (χ3v) is 1.20. The quantitative estimate of drug-likeness (QED) is 0.403. The molecule has 0 radical (unpaired) electrons. The Morgan fingerprint density at radius 3 is 2.57 bits per heavy atom. The Bertz CT molecular complexity index is 140. The van der Waals surface area contributed by atoms with E-state index in [9.17, 15) is 0 Å². The Kier molecular flexibility index (Phi) is 0.932. The number of hydrogen-bond donors (Lipinski definition) is 0. The molecule has 0 N–H and O–H groups in total. The van der Waals surface area contributed by atoms with Crippen LogP contribution in [0.5, 0.6) is 0 Å². The molecule has 0 spiro atoms. The lowest BCUT2D eigenvalue weighted by Crippen LogP contribution is -1.88. The summed E-state index contributed by atoms with van der Waals surface area (Å²) in [5.74, 6) is 0. The van der Waals surface area contributed by atoms with E-state index in [-0.39, 0.29) is 0 Å². The SMILES string of the molecule is Bn1cccc1C. The first-order valence-electron chi connectivity index (χ1n) is 2.38. The van der Waals surface area contributed by atoms with Gasteiger partial charge in [0.1, 0.15) is 0 Å². The summed E-state index contributed by atoms with van der Waals surface area (Å²) in [7, 11) is 2.04. The average Bonchev–Trinajstić information content (AvgIpc) is 1.91. The van der Waals surface area contributed by atoms with Crippen LogP contribution in [0.25, 0.3) is 0 Å². The van der Waals surface area contributed by atoms with Crippen LogP contribution in [-0.4, -0.2) is 12.5 Å². The second-order valence-electron chi connectivity index (χ2n) is 1.76. The molecule has 0 aliphatic carbocycles. The van der Waals surface area contributed by atoms with Crippen molar-refractivity contribution in [2.75, 3.05) is 0 Å². The predicted octanol–water partition coefficient (Wildman–Crippen LogP) is 0.193. The molecule has 1 nitrogen and oxygen atoms in total. The van der Waals surface area contributed by atoms with Gasteiger partial charge in [0.2, 0.25) is 7.98 Å². The fourth-order valence-electron chi connectivity index (χ4n) is 0.547. The van der Waals surface area contributed by atoms with E-state index in [1.165, 1.54) is 5.69 Å². The molecule has 0 unspecified atom stereocenters. The number of hydrogen-bond acceptors (Lipinski definition) is 0. The third kappa shape index (κ3) is 0.685. The maximum atomic E-state index is 2.08. The predicted molar refractivity (Wildman–Crippen MR) is 33.1 cm³/mol. The van der Waals surface area contributed by atoms with Crippen LogP contribution in [0.4, 0.5) is 0 Å². The minimum atomic E-state index is 1.31. The van der Waals surface area contributed by atoms with Gasteiger partial charge in [-0.3, -0.25) is 0 Å². The van der Waals surface area contributed by atoms with Crippen molar-refractivity contribution in [2.24, 2.45) is 0 Å². The summed E-state index contributed by atoms with van der Waals surface area (Å²) in [4.78, 5) is 0. The van der Waals surface area contributed by atoms with Gasteiger partial charge in [-0.15, -0.1) is 0 Å².